The minimum Gasteiger partial charge on any atom is -0.508 e. The van der Waals surface area contributed by atoms with Crippen LogP contribution in [0, 0.1) is 40.7 Å². The van der Waals surface area contributed by atoms with Crippen LogP contribution in [-0.2, 0) is 4.79 Å². The van der Waals surface area contributed by atoms with Gasteiger partial charge in [-0.1, -0.05) is 23.6 Å². The molecule has 7 fully saturated rings. The summed E-state index contributed by atoms with van der Waals surface area (Å²) in [5.74, 6) is 1.88. The molecule has 18 heteroatoms. The van der Waals surface area contributed by atoms with Crippen LogP contribution in [0.15, 0.2) is 48.7 Å². The third kappa shape index (κ3) is 9.61. The Morgan fingerprint density at radius 2 is 1.64 bits per heavy atom. The average Bonchev–Trinajstić information content (AvgIpc) is 4.10. The summed E-state index contributed by atoms with van der Waals surface area (Å²) in [7, 11) is 1.46. The SMILES string of the molecule is C#Cc1c(F)ccc2cc(O)cc(-c3ncc4c(N5CC6CCC(C5)N6)nc(OCC5(CN6CCN(CC7CCC8(CC7)CCN(C(=O)c7ccc(Cl)c(N9CCC(=O)N(C)C9=O)c7)CC8)CC6)CC5)nc4c3F)c12. The van der Waals surface area contributed by atoms with Gasteiger partial charge < -0.3 is 34.8 Å². The van der Waals surface area contributed by atoms with Crippen LogP contribution >= 0.6 is 11.6 Å². The molecule has 3 aromatic carbocycles. The number of benzene rings is 3. The molecule has 0 radical (unpaired) electrons. The molecule has 2 bridgehead atoms. The second-order valence-corrected chi connectivity index (χ2v) is 23.0. The fourth-order valence-electron chi connectivity index (χ4n) is 13.1. The fraction of sp³-hybridized carbons (Fsp3) is 0.509. The van der Waals surface area contributed by atoms with Crippen molar-refractivity contribution < 1.29 is 33.0 Å². The molecule has 2 atom stereocenters. The van der Waals surface area contributed by atoms with E-state index in [1.807, 2.05) is 4.90 Å². The van der Waals surface area contributed by atoms with Crippen molar-refractivity contribution in [3.05, 3.63) is 76.4 Å². The van der Waals surface area contributed by atoms with Crippen LogP contribution in [0.1, 0.15) is 86.6 Å². The molecule has 5 aliphatic heterocycles. The van der Waals surface area contributed by atoms with E-state index in [9.17, 15) is 19.5 Å². The number of likely N-dealkylation sites (tertiary alicyclic amines) is 1. The van der Waals surface area contributed by atoms with E-state index in [2.05, 4.69) is 30.9 Å². The van der Waals surface area contributed by atoms with E-state index in [-0.39, 0.29) is 75.1 Å². The highest BCUT2D eigenvalue weighted by atomic mass is 35.5. The number of nitrogens with zero attached hydrogens (tertiary/aromatic N) is 9. The summed E-state index contributed by atoms with van der Waals surface area (Å²) in [4.78, 5) is 64.9. The summed E-state index contributed by atoms with van der Waals surface area (Å²) in [5.41, 5.74) is 1.25. The third-order valence-corrected chi connectivity index (χ3v) is 18.1. The number of urea groups is 1. The number of carbonyl (C=O) groups excluding carboxylic acids is 3. The van der Waals surface area contributed by atoms with Gasteiger partial charge in [0.1, 0.15) is 28.6 Å². The number of fused-ring (bicyclic) bond motifs is 4. The van der Waals surface area contributed by atoms with E-state index in [1.54, 1.807) is 24.4 Å². The molecule has 4 amide bonds. The van der Waals surface area contributed by atoms with Gasteiger partial charge in [0, 0.05) is 126 Å². The highest BCUT2D eigenvalue weighted by molar-refractivity contribution is 6.34. The normalized spacial score (nSPS) is 23.1. The van der Waals surface area contributed by atoms with Crippen LogP contribution in [0.3, 0.4) is 0 Å². The Morgan fingerprint density at radius 1 is 0.907 bits per heavy atom. The first-order chi connectivity index (χ1) is 36.2. The highest BCUT2D eigenvalue weighted by Gasteiger charge is 2.46. The van der Waals surface area contributed by atoms with Crippen LogP contribution in [0.5, 0.6) is 11.8 Å². The van der Waals surface area contributed by atoms with Crippen molar-refractivity contribution >= 4 is 62.6 Å². The number of amides is 4. The number of halogens is 3. The molecule has 2 aromatic heterocycles. The lowest BCUT2D eigenvalue weighted by Gasteiger charge is -2.47. The van der Waals surface area contributed by atoms with Crippen molar-refractivity contribution in [3.8, 4) is 35.4 Å². The minimum atomic E-state index is -0.728. The number of terminal acetylenes is 1. The summed E-state index contributed by atoms with van der Waals surface area (Å²) < 4.78 is 38.8. The van der Waals surface area contributed by atoms with E-state index in [1.165, 1.54) is 61.9 Å². The zero-order chi connectivity index (χ0) is 51.8. The van der Waals surface area contributed by atoms with Crippen molar-refractivity contribution in [3.63, 3.8) is 0 Å². The summed E-state index contributed by atoms with van der Waals surface area (Å²) in [6.45, 7) is 9.49. The number of phenols is 1. The van der Waals surface area contributed by atoms with E-state index in [0.717, 1.165) is 82.7 Å². The maximum atomic E-state index is 17.2. The molecule has 2 unspecified atom stereocenters. The van der Waals surface area contributed by atoms with E-state index >= 15 is 8.78 Å². The van der Waals surface area contributed by atoms with Crippen molar-refractivity contribution in [1.29, 1.82) is 0 Å². The smallest absolute Gasteiger partial charge is 0.330 e. The predicted octanol–water partition coefficient (Wildman–Crippen LogP) is 8.08. The molecule has 7 heterocycles. The molecule has 15 nitrogen and oxygen atoms in total. The van der Waals surface area contributed by atoms with Gasteiger partial charge in [-0.2, -0.15) is 9.97 Å². The Morgan fingerprint density at radius 3 is 2.36 bits per heavy atom. The molecule has 12 rings (SSSR count). The van der Waals surface area contributed by atoms with Crippen molar-refractivity contribution in [1.82, 2.24) is 39.9 Å². The number of hydrogen-bond acceptors (Lipinski definition) is 12. The van der Waals surface area contributed by atoms with Gasteiger partial charge in [-0.15, -0.1) is 6.42 Å². The lowest BCUT2D eigenvalue weighted by molar-refractivity contribution is -0.127. The Balaban J connectivity index is 0.655. The summed E-state index contributed by atoms with van der Waals surface area (Å²) in [6.07, 6.45) is 18.5. The van der Waals surface area contributed by atoms with Gasteiger partial charge >= 0.3 is 12.0 Å². The van der Waals surface area contributed by atoms with Gasteiger partial charge in [0.2, 0.25) is 5.91 Å². The molecule has 7 aliphatic rings. The topological polar surface area (TPSA) is 151 Å². The number of piperidine rings is 1. The number of phenolic OH excluding ortho intramolecular Hbond substituents is 1. The number of carbonyl (C=O) groups is 3. The Labute approximate surface area is 440 Å². The number of rotatable bonds is 11. The first-order valence-corrected chi connectivity index (χ1v) is 27.2. The molecule has 392 valence electrons. The highest BCUT2D eigenvalue weighted by Crippen LogP contribution is 2.49. The number of pyridine rings is 1. The molecular formula is C57H63ClF2N10O5. The van der Waals surface area contributed by atoms with Crippen LogP contribution in [0.25, 0.3) is 32.9 Å². The molecule has 5 saturated heterocycles. The average molecular weight is 1040 g/mol. The molecule has 1 spiro atoms. The van der Waals surface area contributed by atoms with E-state index in [0.29, 0.717) is 83.7 Å². The number of anilines is 2. The van der Waals surface area contributed by atoms with Gasteiger partial charge in [0.25, 0.3) is 5.91 Å². The number of hydrogen-bond donors (Lipinski definition) is 2. The molecule has 2 aliphatic carbocycles. The second kappa shape index (κ2) is 19.7. The maximum absolute atomic E-state index is 17.2. The van der Waals surface area contributed by atoms with Crippen molar-refractivity contribution in [2.75, 3.05) is 95.4 Å². The molecule has 2 N–H and O–H groups in total. The molecule has 5 aromatic rings. The van der Waals surface area contributed by atoms with Gasteiger partial charge in [-0.3, -0.25) is 24.4 Å². The van der Waals surface area contributed by atoms with Gasteiger partial charge in [-0.25, -0.2) is 13.6 Å². The number of piperazine rings is 2. The zero-order valence-corrected chi connectivity index (χ0v) is 43.2. The van der Waals surface area contributed by atoms with E-state index in [4.69, 9.17) is 32.7 Å². The molecule has 2 saturated carbocycles. The first-order valence-electron chi connectivity index (χ1n) is 26.8. The number of aromatic hydroxyl groups is 1. The number of nitrogens with one attached hydrogen (secondary N) is 1. The van der Waals surface area contributed by atoms with Crippen molar-refractivity contribution in [2.24, 2.45) is 16.7 Å². The largest absolute Gasteiger partial charge is 0.508 e. The molecular weight excluding hydrogens is 978 g/mol. The van der Waals surface area contributed by atoms with Crippen molar-refractivity contribution in [2.45, 2.75) is 82.7 Å². The fourth-order valence-corrected chi connectivity index (χ4v) is 13.3. The predicted molar refractivity (Wildman–Crippen MR) is 283 cm³/mol. The Bertz CT molecular complexity index is 3130. The standard InChI is InChI=1S/C57H63ClF2N10O5/c1-3-41-45(59)9-5-36-26-40(71)28-42(48(36)41)50-49(60)51-43(29-61-50)52(69-31-38-6-7-39(32-69)62-38)64-54(63-51)75-34-57(15-16-57)33-67-24-22-66(23-25-67)30-35-10-13-56(14-11-35)17-20-68(21-18-56)53(73)37-4-8-44(58)46(27-37)70-19-12-47(72)65(2)55(70)74/h1,4-5,8-9,26-29,35,38-39,62,71H,6-7,10-25,30-34H2,2H3. The summed E-state index contributed by atoms with van der Waals surface area (Å²) in [6, 6.07) is 10.9. The number of ether oxygens (including phenoxy) is 1. The second-order valence-electron chi connectivity index (χ2n) is 22.6. The maximum Gasteiger partial charge on any atom is 0.330 e. The monoisotopic (exact) mass is 1040 g/mol. The quantitative estimate of drug-likeness (QED) is 0.123. The van der Waals surface area contributed by atoms with Crippen LogP contribution < -0.4 is 19.9 Å². The lowest BCUT2D eigenvalue weighted by Crippen LogP contribution is -2.51. The number of imide groups is 1. The first kappa shape index (κ1) is 49.7. The van der Waals surface area contributed by atoms with Crippen LogP contribution in [0.4, 0.5) is 25.1 Å². The van der Waals surface area contributed by atoms with Crippen LogP contribution in [-0.4, -0.2) is 155 Å². The summed E-state index contributed by atoms with van der Waals surface area (Å²) >= 11 is 6.52. The van der Waals surface area contributed by atoms with Gasteiger partial charge in [-0.05, 0) is 117 Å². The zero-order valence-electron chi connectivity index (χ0n) is 42.4. The van der Waals surface area contributed by atoms with Gasteiger partial charge in [0.15, 0.2) is 5.82 Å². The van der Waals surface area contributed by atoms with Gasteiger partial charge in [0.05, 0.1) is 28.3 Å². The van der Waals surface area contributed by atoms with Crippen LogP contribution in [0.2, 0.25) is 5.02 Å². The molecule has 75 heavy (non-hydrogen) atoms. The van der Waals surface area contributed by atoms with E-state index < -0.39 is 17.7 Å². The minimum absolute atomic E-state index is 0.0377. The third-order valence-electron chi connectivity index (χ3n) is 17.8. The Hall–Kier alpha value is -6.19. The number of aromatic nitrogens is 3. The lowest BCUT2D eigenvalue weighted by atomic mass is 9.65. The summed E-state index contributed by atoms with van der Waals surface area (Å²) in [5, 5.41) is 15.9. The Kier molecular flexibility index (Phi) is 13.1.